The van der Waals surface area contributed by atoms with Gasteiger partial charge in [0.25, 0.3) is 0 Å². The van der Waals surface area contributed by atoms with Crippen molar-refractivity contribution in [3.63, 3.8) is 0 Å². The van der Waals surface area contributed by atoms with E-state index in [-0.39, 0.29) is 6.54 Å². The van der Waals surface area contributed by atoms with Crippen LogP contribution in [0.2, 0.25) is 0 Å². The van der Waals surface area contributed by atoms with Crippen LogP contribution in [0.5, 0.6) is 5.75 Å². The number of carbonyl (C=O) groups is 2. The second-order valence-corrected chi connectivity index (χ2v) is 5.56. The van der Waals surface area contributed by atoms with Crippen LogP contribution < -0.4 is 15.5 Å². The first-order valence-electron chi connectivity index (χ1n) is 7.95. The number of ether oxygens (including phenoxy) is 1. The molecule has 2 rings (SSSR count). The van der Waals surface area contributed by atoms with E-state index in [2.05, 4.69) is 15.8 Å². The highest BCUT2D eigenvalue weighted by Crippen LogP contribution is 2.14. The second kappa shape index (κ2) is 8.92. The lowest BCUT2D eigenvalue weighted by atomic mass is 10.2. The summed E-state index contributed by atoms with van der Waals surface area (Å²) in [6.45, 7) is 0.285. The minimum Gasteiger partial charge on any atom is -0.497 e. The number of amides is 2. The summed E-state index contributed by atoms with van der Waals surface area (Å²) in [5, 5.41) is 6.66. The van der Waals surface area contributed by atoms with Crippen molar-refractivity contribution in [1.29, 1.82) is 0 Å². The standard InChI is InChI=1S/C17H23N3O3/c1-23-15-10-8-13(9-11-15)12-18-16(21)17(22)20-19-14-6-4-2-3-5-7-14/h8-11H,2-7,12H2,1H3,(H,18,21)(H,20,22). The van der Waals surface area contributed by atoms with Crippen LogP contribution in [-0.2, 0) is 16.1 Å². The Morgan fingerprint density at radius 2 is 1.70 bits per heavy atom. The van der Waals surface area contributed by atoms with Crippen molar-refractivity contribution < 1.29 is 14.3 Å². The van der Waals surface area contributed by atoms with Crippen molar-refractivity contribution in [2.75, 3.05) is 7.11 Å². The third-order valence-electron chi connectivity index (χ3n) is 3.81. The van der Waals surface area contributed by atoms with Gasteiger partial charge in [0.2, 0.25) is 0 Å². The molecule has 23 heavy (non-hydrogen) atoms. The molecule has 0 heterocycles. The van der Waals surface area contributed by atoms with Gasteiger partial charge >= 0.3 is 11.8 Å². The molecule has 0 saturated heterocycles. The maximum atomic E-state index is 11.8. The zero-order chi connectivity index (χ0) is 16.5. The molecule has 0 spiro atoms. The number of benzene rings is 1. The number of methoxy groups -OCH3 is 1. The molecule has 1 aromatic carbocycles. The molecular weight excluding hydrogens is 294 g/mol. The first-order valence-corrected chi connectivity index (χ1v) is 7.95. The first-order chi connectivity index (χ1) is 11.2. The van der Waals surface area contributed by atoms with Gasteiger partial charge in [-0.3, -0.25) is 9.59 Å². The molecule has 0 radical (unpaired) electrons. The van der Waals surface area contributed by atoms with E-state index in [1.54, 1.807) is 19.2 Å². The molecule has 124 valence electrons. The van der Waals surface area contributed by atoms with Gasteiger partial charge < -0.3 is 10.1 Å². The van der Waals surface area contributed by atoms with Crippen LogP contribution in [0.4, 0.5) is 0 Å². The molecule has 6 heteroatoms. The SMILES string of the molecule is COc1ccc(CNC(=O)C(=O)NN=C2CCCCCC2)cc1. The van der Waals surface area contributed by atoms with Gasteiger partial charge in [0.1, 0.15) is 5.75 Å². The van der Waals surface area contributed by atoms with Gasteiger partial charge in [0.05, 0.1) is 7.11 Å². The Bertz CT molecular complexity index is 557. The Morgan fingerprint density at radius 3 is 2.30 bits per heavy atom. The summed E-state index contributed by atoms with van der Waals surface area (Å²) in [6.07, 6.45) is 6.39. The molecule has 0 unspecified atom stereocenters. The van der Waals surface area contributed by atoms with Gasteiger partial charge in [-0.2, -0.15) is 5.10 Å². The highest BCUT2D eigenvalue weighted by atomic mass is 16.5. The van der Waals surface area contributed by atoms with Crippen LogP contribution >= 0.6 is 0 Å². The van der Waals surface area contributed by atoms with E-state index in [4.69, 9.17) is 4.74 Å². The van der Waals surface area contributed by atoms with Crippen molar-refractivity contribution in [2.24, 2.45) is 5.10 Å². The topological polar surface area (TPSA) is 79.8 Å². The largest absolute Gasteiger partial charge is 0.497 e. The van der Waals surface area contributed by atoms with E-state index in [1.165, 1.54) is 12.8 Å². The molecule has 0 aromatic heterocycles. The van der Waals surface area contributed by atoms with Crippen LogP contribution in [0.1, 0.15) is 44.1 Å². The Hall–Kier alpha value is -2.37. The van der Waals surface area contributed by atoms with Crippen LogP contribution in [-0.4, -0.2) is 24.6 Å². The Morgan fingerprint density at radius 1 is 1.04 bits per heavy atom. The smallest absolute Gasteiger partial charge is 0.329 e. The number of hydrogen-bond donors (Lipinski definition) is 2. The average Bonchev–Trinajstić information content (AvgIpc) is 2.86. The quantitative estimate of drug-likeness (QED) is 0.507. The normalized spacial score (nSPS) is 14.6. The molecule has 1 aromatic rings. The van der Waals surface area contributed by atoms with E-state index in [0.29, 0.717) is 0 Å². The summed E-state index contributed by atoms with van der Waals surface area (Å²) >= 11 is 0. The van der Waals surface area contributed by atoms with Crippen molar-refractivity contribution in [2.45, 2.75) is 45.1 Å². The lowest BCUT2D eigenvalue weighted by Crippen LogP contribution is -2.37. The number of hydrazone groups is 1. The maximum Gasteiger partial charge on any atom is 0.329 e. The Labute approximate surface area is 136 Å². The van der Waals surface area contributed by atoms with E-state index in [0.717, 1.165) is 42.7 Å². The number of rotatable bonds is 4. The number of carbonyl (C=O) groups excluding carboxylic acids is 2. The highest BCUT2D eigenvalue weighted by Gasteiger charge is 2.13. The molecule has 1 saturated carbocycles. The van der Waals surface area contributed by atoms with Gasteiger partial charge in [-0.15, -0.1) is 0 Å². The fraction of sp³-hybridized carbons (Fsp3) is 0.471. The molecule has 0 bridgehead atoms. The third kappa shape index (κ3) is 5.73. The van der Waals surface area contributed by atoms with Crippen molar-refractivity contribution >= 4 is 17.5 Å². The maximum absolute atomic E-state index is 11.8. The Balaban J connectivity index is 1.77. The molecule has 1 aliphatic carbocycles. The van der Waals surface area contributed by atoms with Crippen LogP contribution in [0.3, 0.4) is 0 Å². The molecule has 6 nitrogen and oxygen atoms in total. The first kappa shape index (κ1) is 17.0. The van der Waals surface area contributed by atoms with Gasteiger partial charge in [-0.25, -0.2) is 5.43 Å². The molecule has 0 aliphatic heterocycles. The van der Waals surface area contributed by atoms with Crippen LogP contribution in [0.15, 0.2) is 29.4 Å². The average molecular weight is 317 g/mol. The minimum absolute atomic E-state index is 0.285. The molecular formula is C17H23N3O3. The van der Waals surface area contributed by atoms with Crippen molar-refractivity contribution in [3.8, 4) is 5.75 Å². The van der Waals surface area contributed by atoms with Gasteiger partial charge in [-0.1, -0.05) is 25.0 Å². The number of nitrogens with one attached hydrogen (secondary N) is 2. The predicted molar refractivity (Wildman–Crippen MR) is 88.1 cm³/mol. The van der Waals surface area contributed by atoms with Gasteiger partial charge in [0, 0.05) is 12.3 Å². The lowest BCUT2D eigenvalue weighted by molar-refractivity contribution is -0.139. The number of nitrogens with zero attached hydrogens (tertiary/aromatic N) is 1. The molecule has 0 atom stereocenters. The highest BCUT2D eigenvalue weighted by molar-refractivity contribution is 6.35. The van der Waals surface area contributed by atoms with Crippen LogP contribution in [0.25, 0.3) is 0 Å². The zero-order valence-electron chi connectivity index (χ0n) is 13.4. The van der Waals surface area contributed by atoms with Crippen LogP contribution in [0, 0.1) is 0 Å². The van der Waals surface area contributed by atoms with Crippen molar-refractivity contribution in [3.05, 3.63) is 29.8 Å². The summed E-state index contributed by atoms with van der Waals surface area (Å²) in [5.74, 6) is -0.661. The molecule has 1 aliphatic rings. The van der Waals surface area contributed by atoms with E-state index in [9.17, 15) is 9.59 Å². The summed E-state index contributed by atoms with van der Waals surface area (Å²) in [4.78, 5) is 23.5. The zero-order valence-corrected chi connectivity index (χ0v) is 13.4. The van der Waals surface area contributed by atoms with E-state index < -0.39 is 11.8 Å². The van der Waals surface area contributed by atoms with Gasteiger partial charge in [-0.05, 0) is 43.4 Å². The summed E-state index contributed by atoms with van der Waals surface area (Å²) in [7, 11) is 1.59. The minimum atomic E-state index is -0.727. The predicted octanol–water partition coefficient (Wildman–Crippen LogP) is 2.14. The second-order valence-electron chi connectivity index (χ2n) is 5.56. The van der Waals surface area contributed by atoms with E-state index >= 15 is 0 Å². The van der Waals surface area contributed by atoms with Crippen molar-refractivity contribution in [1.82, 2.24) is 10.7 Å². The lowest BCUT2D eigenvalue weighted by Gasteiger charge is -2.06. The molecule has 2 amide bonds. The Kier molecular flexibility index (Phi) is 6.59. The van der Waals surface area contributed by atoms with Gasteiger partial charge in [0.15, 0.2) is 0 Å². The summed E-state index contributed by atoms with van der Waals surface area (Å²) < 4.78 is 5.07. The molecule has 1 fully saturated rings. The van der Waals surface area contributed by atoms with E-state index in [1.807, 2.05) is 12.1 Å². The fourth-order valence-electron chi connectivity index (χ4n) is 2.44. The number of hydrogen-bond acceptors (Lipinski definition) is 4. The summed E-state index contributed by atoms with van der Waals surface area (Å²) in [5.41, 5.74) is 4.21. The molecule has 2 N–H and O–H groups in total. The third-order valence-corrected chi connectivity index (χ3v) is 3.81. The monoisotopic (exact) mass is 317 g/mol. The summed E-state index contributed by atoms with van der Waals surface area (Å²) in [6, 6.07) is 7.28. The fourth-order valence-corrected chi connectivity index (χ4v) is 2.44.